The van der Waals surface area contributed by atoms with E-state index >= 15 is 0 Å². The highest BCUT2D eigenvalue weighted by atomic mass is 35.5. The fourth-order valence-electron chi connectivity index (χ4n) is 3.62. The van der Waals surface area contributed by atoms with Crippen molar-refractivity contribution in [3.8, 4) is 22.8 Å². The van der Waals surface area contributed by atoms with Gasteiger partial charge < -0.3 is 9.47 Å². The maximum absolute atomic E-state index is 11.2. The van der Waals surface area contributed by atoms with Gasteiger partial charge in [0.25, 0.3) is 0 Å². The van der Waals surface area contributed by atoms with E-state index in [2.05, 4.69) is 21.4 Å². The van der Waals surface area contributed by atoms with Crippen molar-refractivity contribution >= 4 is 28.6 Å². The van der Waals surface area contributed by atoms with Gasteiger partial charge in [0.1, 0.15) is 11.6 Å². The summed E-state index contributed by atoms with van der Waals surface area (Å²) in [6.45, 7) is 0.593. The minimum absolute atomic E-state index is 0.165. The molecule has 0 atom stereocenters. The second kappa shape index (κ2) is 10.3. The van der Waals surface area contributed by atoms with E-state index in [0.29, 0.717) is 18.1 Å². The third kappa shape index (κ3) is 5.11. The maximum Gasteiger partial charge on any atom is 0.305 e. The Kier molecular flexibility index (Phi) is 7.07. The lowest BCUT2D eigenvalue weighted by Crippen LogP contribution is -2.01. The minimum Gasteiger partial charge on any atom is -0.494 e. The zero-order valence-corrected chi connectivity index (χ0v) is 18.7. The first kappa shape index (κ1) is 21.9. The van der Waals surface area contributed by atoms with Crippen molar-refractivity contribution in [1.29, 1.82) is 0 Å². The number of carbonyl (C=O) groups is 1. The van der Waals surface area contributed by atoms with Gasteiger partial charge in [-0.2, -0.15) is 0 Å². The Balaban J connectivity index is 1.58. The molecule has 4 aromatic rings. The summed E-state index contributed by atoms with van der Waals surface area (Å²) in [5.41, 5.74) is 3.89. The Morgan fingerprint density at radius 1 is 0.969 bits per heavy atom. The van der Waals surface area contributed by atoms with Crippen molar-refractivity contribution in [3.63, 3.8) is 0 Å². The summed E-state index contributed by atoms with van der Waals surface area (Å²) in [6, 6.07) is 23.8. The fourth-order valence-corrected chi connectivity index (χ4v) is 3.74. The van der Waals surface area contributed by atoms with Crippen molar-refractivity contribution in [2.45, 2.75) is 25.7 Å². The topological polar surface area (TPSA) is 53.4 Å². The first-order chi connectivity index (χ1) is 15.7. The van der Waals surface area contributed by atoms with Crippen LogP contribution < -0.4 is 4.74 Å². The Labute approximate surface area is 192 Å². The maximum atomic E-state index is 11.2. The third-order valence-corrected chi connectivity index (χ3v) is 5.52. The van der Waals surface area contributed by atoms with Gasteiger partial charge in [-0.15, -0.1) is 0 Å². The third-order valence-electron chi connectivity index (χ3n) is 5.26. The van der Waals surface area contributed by atoms with Gasteiger partial charge in [-0.3, -0.25) is 9.36 Å². The van der Waals surface area contributed by atoms with Crippen LogP contribution >= 0.6 is 11.6 Å². The molecule has 0 radical (unpaired) electrons. The lowest BCUT2D eigenvalue weighted by atomic mass is 10.2. The number of methoxy groups -OCH3 is 1. The van der Waals surface area contributed by atoms with Gasteiger partial charge in [0.05, 0.1) is 24.8 Å². The summed E-state index contributed by atoms with van der Waals surface area (Å²) in [5, 5.41) is 0.693. The lowest BCUT2D eigenvalue weighted by molar-refractivity contribution is -0.140. The number of hydrogen-bond acceptors (Lipinski definition) is 4. The van der Waals surface area contributed by atoms with Gasteiger partial charge in [0, 0.05) is 28.8 Å². The van der Waals surface area contributed by atoms with Crippen LogP contribution in [0, 0.1) is 0 Å². The number of hydrogen-bond donors (Lipinski definition) is 0. The molecule has 0 saturated carbocycles. The smallest absolute Gasteiger partial charge is 0.305 e. The Bertz CT molecular complexity index is 1190. The average molecular weight is 449 g/mol. The molecular weight excluding hydrogens is 424 g/mol. The van der Waals surface area contributed by atoms with Gasteiger partial charge >= 0.3 is 5.97 Å². The molecule has 32 heavy (non-hydrogen) atoms. The molecule has 4 rings (SSSR count). The molecule has 0 bridgehead atoms. The summed E-state index contributed by atoms with van der Waals surface area (Å²) in [7, 11) is 1.42. The highest BCUT2D eigenvalue weighted by Gasteiger charge is 2.15. The van der Waals surface area contributed by atoms with E-state index < -0.39 is 0 Å². The van der Waals surface area contributed by atoms with E-state index in [1.807, 2.05) is 60.7 Å². The quantitative estimate of drug-likeness (QED) is 0.218. The van der Waals surface area contributed by atoms with E-state index in [4.69, 9.17) is 21.3 Å². The van der Waals surface area contributed by atoms with Gasteiger partial charge in [-0.25, -0.2) is 4.98 Å². The van der Waals surface area contributed by atoms with Gasteiger partial charge in [-0.05, 0) is 67.8 Å². The fraction of sp³-hybridized carbons (Fsp3) is 0.231. The zero-order chi connectivity index (χ0) is 22.3. The molecule has 3 aromatic carbocycles. The van der Waals surface area contributed by atoms with Crippen molar-refractivity contribution in [2.24, 2.45) is 0 Å². The van der Waals surface area contributed by atoms with Crippen LogP contribution in [-0.4, -0.2) is 29.2 Å². The average Bonchev–Trinajstić information content (AvgIpc) is 3.21. The number of carbonyl (C=O) groups excluding carboxylic acids is 1. The zero-order valence-electron chi connectivity index (χ0n) is 18.0. The molecule has 0 fully saturated rings. The van der Waals surface area contributed by atoms with E-state index in [-0.39, 0.29) is 5.97 Å². The predicted molar refractivity (Wildman–Crippen MR) is 127 cm³/mol. The molecule has 164 valence electrons. The Hall–Kier alpha value is -3.31. The Morgan fingerprint density at radius 2 is 1.75 bits per heavy atom. The highest BCUT2D eigenvalue weighted by molar-refractivity contribution is 6.30. The minimum atomic E-state index is -0.165. The molecule has 6 heteroatoms. The largest absolute Gasteiger partial charge is 0.494 e. The second-order valence-electron chi connectivity index (χ2n) is 7.50. The summed E-state index contributed by atoms with van der Waals surface area (Å²) in [5.74, 6) is 1.48. The number of para-hydroxylation sites is 1. The predicted octanol–water partition coefficient (Wildman–Crippen LogP) is 6.46. The molecule has 1 aromatic heterocycles. The number of unbranched alkanes of at least 4 members (excludes halogenated alkanes) is 2. The van der Waals surface area contributed by atoms with Gasteiger partial charge in [-0.1, -0.05) is 29.8 Å². The van der Waals surface area contributed by atoms with Crippen LogP contribution in [-0.2, 0) is 9.53 Å². The molecule has 5 nitrogen and oxygen atoms in total. The molecule has 0 aliphatic heterocycles. The molecule has 1 heterocycles. The second-order valence-corrected chi connectivity index (χ2v) is 7.94. The lowest BCUT2D eigenvalue weighted by Gasteiger charge is -2.11. The summed E-state index contributed by atoms with van der Waals surface area (Å²) < 4.78 is 12.8. The number of esters is 1. The van der Waals surface area contributed by atoms with E-state index in [1.165, 1.54) is 7.11 Å². The van der Waals surface area contributed by atoms with Crippen LogP contribution in [0.25, 0.3) is 28.1 Å². The number of aromatic nitrogens is 2. The first-order valence-electron chi connectivity index (χ1n) is 10.7. The van der Waals surface area contributed by atoms with Crippen molar-refractivity contribution in [2.75, 3.05) is 13.7 Å². The van der Waals surface area contributed by atoms with E-state index in [0.717, 1.165) is 53.1 Å². The molecule has 0 saturated heterocycles. The summed E-state index contributed by atoms with van der Waals surface area (Å²) in [4.78, 5) is 16.1. The number of rotatable bonds is 9. The number of ether oxygens (including phenoxy) is 2. The number of fused-ring (bicyclic) bond motifs is 1. The van der Waals surface area contributed by atoms with Gasteiger partial charge in [0.2, 0.25) is 0 Å². The SMILES string of the molecule is COC(=O)CCCCCOc1ccc2nc(-c3ccc(Cl)cc3)n(-c3ccccc3)c2c1. The first-order valence-corrected chi connectivity index (χ1v) is 11.1. The van der Waals surface area contributed by atoms with Crippen LogP contribution in [0.2, 0.25) is 5.02 Å². The molecule has 0 aliphatic carbocycles. The van der Waals surface area contributed by atoms with E-state index in [1.54, 1.807) is 0 Å². The number of nitrogens with zero attached hydrogens (tertiary/aromatic N) is 2. The molecule has 0 unspecified atom stereocenters. The standard InChI is InChI=1S/C26H25ClN2O3/c1-31-25(30)10-6-3-7-17-32-22-15-16-23-24(18-22)29(21-8-4-2-5-9-21)26(28-23)19-11-13-20(27)14-12-19/h2,4-5,8-9,11-16,18H,3,6-7,10,17H2,1H3. The molecule has 0 aliphatic rings. The monoisotopic (exact) mass is 448 g/mol. The van der Waals surface area contributed by atoms with Gasteiger partial charge in [0.15, 0.2) is 0 Å². The van der Waals surface area contributed by atoms with E-state index in [9.17, 15) is 4.79 Å². The van der Waals surface area contributed by atoms with Crippen LogP contribution in [0.3, 0.4) is 0 Å². The van der Waals surface area contributed by atoms with Crippen LogP contribution in [0.1, 0.15) is 25.7 Å². The Morgan fingerprint density at radius 3 is 2.50 bits per heavy atom. The number of halogens is 1. The van der Waals surface area contributed by atoms with Crippen molar-refractivity contribution < 1.29 is 14.3 Å². The number of benzene rings is 3. The summed E-state index contributed by atoms with van der Waals surface area (Å²) in [6.07, 6.45) is 3.05. The molecule has 0 spiro atoms. The molecule has 0 amide bonds. The molecular formula is C26H25ClN2O3. The van der Waals surface area contributed by atoms with Crippen molar-refractivity contribution in [3.05, 3.63) is 77.8 Å². The normalized spacial score (nSPS) is 10.9. The number of imidazole rings is 1. The molecule has 0 N–H and O–H groups in total. The van der Waals surface area contributed by atoms with Crippen LogP contribution in [0.15, 0.2) is 72.8 Å². The van der Waals surface area contributed by atoms with Crippen LogP contribution in [0.4, 0.5) is 0 Å². The summed E-state index contributed by atoms with van der Waals surface area (Å²) >= 11 is 6.09. The van der Waals surface area contributed by atoms with Crippen molar-refractivity contribution in [1.82, 2.24) is 9.55 Å². The van der Waals surface area contributed by atoms with Crippen LogP contribution in [0.5, 0.6) is 5.75 Å². The highest BCUT2D eigenvalue weighted by Crippen LogP contribution is 2.31.